The van der Waals surface area contributed by atoms with Gasteiger partial charge < -0.3 is 10.6 Å². The summed E-state index contributed by atoms with van der Waals surface area (Å²) in [5, 5.41) is 8.44. The second-order valence-electron chi connectivity index (χ2n) is 6.06. The van der Waals surface area contributed by atoms with Crippen molar-refractivity contribution in [3.8, 4) is 0 Å². The minimum Gasteiger partial charge on any atom is -0.357 e. The highest BCUT2D eigenvalue weighted by molar-refractivity contribution is 14.0. The molecule has 0 saturated carbocycles. The molecule has 0 bridgehead atoms. The summed E-state index contributed by atoms with van der Waals surface area (Å²) in [5.74, 6) is 0.0747. The molecule has 1 heterocycles. The molecule has 0 aliphatic carbocycles. The molecule has 0 radical (unpaired) electrons. The van der Waals surface area contributed by atoms with Gasteiger partial charge in [0.05, 0.1) is 18.8 Å². The van der Waals surface area contributed by atoms with Crippen LogP contribution in [0.5, 0.6) is 0 Å². The molecule has 5 nitrogen and oxygen atoms in total. The minimum absolute atomic E-state index is 0. The van der Waals surface area contributed by atoms with Crippen molar-refractivity contribution in [1.82, 2.24) is 10.6 Å². The van der Waals surface area contributed by atoms with Crippen molar-refractivity contribution in [3.63, 3.8) is 0 Å². The Morgan fingerprint density at radius 1 is 1.22 bits per heavy atom. The predicted octanol–water partition coefficient (Wildman–Crippen LogP) is 3.61. The summed E-state index contributed by atoms with van der Waals surface area (Å²) in [7, 11) is -3.21. The van der Waals surface area contributed by atoms with Crippen LogP contribution in [0.1, 0.15) is 28.5 Å². The van der Waals surface area contributed by atoms with E-state index >= 15 is 0 Å². The van der Waals surface area contributed by atoms with E-state index in [1.54, 1.807) is 11.3 Å². The number of aryl methyl sites for hydroxylation is 1. The van der Waals surface area contributed by atoms with E-state index in [0.29, 0.717) is 30.2 Å². The van der Waals surface area contributed by atoms with E-state index in [0.717, 1.165) is 0 Å². The lowest BCUT2D eigenvalue weighted by Crippen LogP contribution is -2.36. The third kappa shape index (κ3) is 8.14. The number of halogens is 2. The van der Waals surface area contributed by atoms with Gasteiger partial charge in [0.2, 0.25) is 0 Å². The van der Waals surface area contributed by atoms with Crippen molar-refractivity contribution in [2.24, 2.45) is 4.99 Å². The Hall–Kier alpha value is -1.20. The molecule has 1 aromatic heterocycles. The highest BCUT2D eigenvalue weighted by Gasteiger charge is 2.11. The summed E-state index contributed by atoms with van der Waals surface area (Å²) in [6.45, 7) is 5.55. The lowest BCUT2D eigenvalue weighted by Gasteiger charge is -2.12. The van der Waals surface area contributed by atoms with Crippen LogP contribution in [0, 0.1) is 12.7 Å². The standard InChI is InChI=1S/C18H24FN3O2S2.HI/c1-4-20-18(22-11-17-13(2)7-8-25-17)21-10-15-9-16(19)6-5-14(15)12-26(3,23)24;/h5-9H,4,10-12H2,1-3H3,(H2,20,21,22);1H. The fourth-order valence-corrected chi connectivity index (χ4v) is 4.11. The number of nitrogens with one attached hydrogen (secondary N) is 2. The maximum atomic E-state index is 13.6. The number of aliphatic imine (C=N–C) groups is 1. The molecular formula is C18H25FIN3O2S2. The molecule has 0 amide bonds. The number of benzene rings is 1. The molecule has 150 valence electrons. The van der Waals surface area contributed by atoms with Crippen LogP contribution in [0.2, 0.25) is 0 Å². The van der Waals surface area contributed by atoms with Gasteiger partial charge in [0, 0.05) is 17.7 Å². The summed E-state index contributed by atoms with van der Waals surface area (Å²) in [6, 6.07) is 6.19. The average Bonchev–Trinajstić information content (AvgIpc) is 2.96. The molecule has 0 spiro atoms. The molecule has 0 unspecified atom stereocenters. The largest absolute Gasteiger partial charge is 0.357 e. The van der Waals surface area contributed by atoms with E-state index in [4.69, 9.17) is 0 Å². The number of nitrogens with zero attached hydrogens (tertiary/aromatic N) is 1. The van der Waals surface area contributed by atoms with Crippen molar-refractivity contribution < 1.29 is 12.8 Å². The number of thiophene rings is 1. The molecule has 0 aliphatic rings. The first kappa shape index (κ1) is 23.8. The van der Waals surface area contributed by atoms with Crippen molar-refractivity contribution in [2.45, 2.75) is 32.7 Å². The van der Waals surface area contributed by atoms with Gasteiger partial charge in [-0.15, -0.1) is 35.3 Å². The lowest BCUT2D eigenvalue weighted by atomic mass is 10.1. The van der Waals surface area contributed by atoms with Crippen molar-refractivity contribution in [3.05, 3.63) is 57.0 Å². The monoisotopic (exact) mass is 525 g/mol. The van der Waals surface area contributed by atoms with Crippen LogP contribution in [-0.2, 0) is 28.7 Å². The average molecular weight is 525 g/mol. The Labute approximate surface area is 181 Å². The van der Waals surface area contributed by atoms with Gasteiger partial charge in [0.25, 0.3) is 0 Å². The van der Waals surface area contributed by atoms with Crippen LogP contribution in [0.4, 0.5) is 4.39 Å². The molecule has 2 N–H and O–H groups in total. The van der Waals surface area contributed by atoms with E-state index in [2.05, 4.69) is 28.6 Å². The van der Waals surface area contributed by atoms with E-state index in [9.17, 15) is 12.8 Å². The number of rotatable bonds is 7. The Bertz CT molecular complexity index is 882. The van der Waals surface area contributed by atoms with E-state index in [1.807, 2.05) is 12.3 Å². The maximum Gasteiger partial charge on any atom is 0.191 e. The maximum absolute atomic E-state index is 13.6. The van der Waals surface area contributed by atoms with Gasteiger partial charge in [-0.1, -0.05) is 6.07 Å². The fraction of sp³-hybridized carbons (Fsp3) is 0.389. The smallest absolute Gasteiger partial charge is 0.191 e. The molecule has 0 aliphatic heterocycles. The first-order valence-electron chi connectivity index (χ1n) is 8.28. The topological polar surface area (TPSA) is 70.6 Å². The highest BCUT2D eigenvalue weighted by Crippen LogP contribution is 2.16. The number of hydrogen-bond donors (Lipinski definition) is 2. The van der Waals surface area contributed by atoms with Gasteiger partial charge in [-0.3, -0.25) is 0 Å². The molecule has 9 heteroatoms. The Balaban J connectivity index is 0.00000364. The third-order valence-electron chi connectivity index (χ3n) is 3.72. The predicted molar refractivity (Wildman–Crippen MR) is 121 cm³/mol. The first-order valence-corrected chi connectivity index (χ1v) is 11.2. The zero-order valence-corrected chi connectivity index (χ0v) is 19.5. The van der Waals surface area contributed by atoms with Gasteiger partial charge in [0.1, 0.15) is 5.82 Å². The zero-order chi connectivity index (χ0) is 19.2. The molecule has 2 rings (SSSR count). The Morgan fingerprint density at radius 3 is 2.56 bits per heavy atom. The second kappa shape index (κ2) is 11.0. The van der Waals surface area contributed by atoms with Gasteiger partial charge in [-0.2, -0.15) is 0 Å². The lowest BCUT2D eigenvalue weighted by molar-refractivity contribution is 0.600. The summed E-state index contributed by atoms with van der Waals surface area (Å²) in [5.41, 5.74) is 2.36. The molecule has 27 heavy (non-hydrogen) atoms. The zero-order valence-electron chi connectivity index (χ0n) is 15.6. The number of sulfone groups is 1. The van der Waals surface area contributed by atoms with Crippen molar-refractivity contribution >= 4 is 51.1 Å². The minimum atomic E-state index is -3.21. The molecule has 0 atom stereocenters. The normalized spacial score (nSPS) is 11.8. The van der Waals surface area contributed by atoms with E-state index in [1.165, 1.54) is 34.9 Å². The van der Waals surface area contributed by atoms with E-state index < -0.39 is 15.7 Å². The second-order valence-corrected chi connectivity index (χ2v) is 9.20. The van der Waals surface area contributed by atoms with Crippen LogP contribution in [0.15, 0.2) is 34.6 Å². The molecule has 0 fully saturated rings. The van der Waals surface area contributed by atoms with Crippen LogP contribution in [-0.4, -0.2) is 27.2 Å². The quantitative estimate of drug-likeness (QED) is 0.329. The SMILES string of the molecule is CCNC(=NCc1cc(F)ccc1CS(C)(=O)=O)NCc1sccc1C.I. The van der Waals surface area contributed by atoms with Crippen LogP contribution in [0.25, 0.3) is 0 Å². The van der Waals surface area contributed by atoms with Crippen LogP contribution in [0.3, 0.4) is 0 Å². The first-order chi connectivity index (χ1) is 12.3. The van der Waals surface area contributed by atoms with E-state index in [-0.39, 0.29) is 36.3 Å². The summed E-state index contributed by atoms with van der Waals surface area (Å²) in [4.78, 5) is 5.70. The summed E-state index contributed by atoms with van der Waals surface area (Å²) in [6.07, 6.45) is 1.17. The van der Waals surface area contributed by atoms with Gasteiger partial charge in [-0.25, -0.2) is 17.8 Å². The molecule has 0 saturated heterocycles. The Morgan fingerprint density at radius 2 is 1.96 bits per heavy atom. The molecular weight excluding hydrogens is 500 g/mol. The summed E-state index contributed by atoms with van der Waals surface area (Å²) >= 11 is 1.67. The van der Waals surface area contributed by atoms with Crippen molar-refractivity contribution in [1.29, 1.82) is 0 Å². The summed E-state index contributed by atoms with van der Waals surface area (Å²) < 4.78 is 36.8. The fourth-order valence-electron chi connectivity index (χ4n) is 2.42. The van der Waals surface area contributed by atoms with Crippen molar-refractivity contribution in [2.75, 3.05) is 12.8 Å². The van der Waals surface area contributed by atoms with Gasteiger partial charge in [0.15, 0.2) is 15.8 Å². The van der Waals surface area contributed by atoms with Gasteiger partial charge >= 0.3 is 0 Å². The number of hydrogen-bond acceptors (Lipinski definition) is 4. The Kier molecular flexibility index (Phi) is 9.68. The van der Waals surface area contributed by atoms with Gasteiger partial charge in [-0.05, 0) is 54.1 Å². The number of guanidine groups is 1. The highest BCUT2D eigenvalue weighted by atomic mass is 127. The third-order valence-corrected chi connectivity index (χ3v) is 5.58. The molecule has 2 aromatic rings. The van der Waals surface area contributed by atoms with Crippen LogP contribution < -0.4 is 10.6 Å². The van der Waals surface area contributed by atoms with Crippen LogP contribution >= 0.6 is 35.3 Å². The molecule has 1 aromatic carbocycles.